The first kappa shape index (κ1) is 8.56. The van der Waals surface area contributed by atoms with Crippen molar-refractivity contribution in [3.05, 3.63) is 23.3 Å². The van der Waals surface area contributed by atoms with Crippen molar-refractivity contribution in [3.63, 3.8) is 0 Å². The second-order valence-corrected chi connectivity index (χ2v) is 2.71. The Morgan fingerprint density at radius 1 is 1.00 bits per heavy atom. The molecule has 0 saturated carbocycles. The molecule has 0 N–H and O–H groups in total. The van der Waals surface area contributed by atoms with Gasteiger partial charge < -0.3 is 0 Å². The fourth-order valence-corrected chi connectivity index (χ4v) is 1.32. The Bertz CT molecular complexity index is 265. The summed E-state index contributed by atoms with van der Waals surface area (Å²) in [4.78, 5) is 0. The van der Waals surface area contributed by atoms with Crippen LogP contribution in [0, 0.1) is 22.7 Å². The fourth-order valence-electron chi connectivity index (χ4n) is 1.32. The van der Waals surface area contributed by atoms with Crippen LogP contribution in [0.4, 0.5) is 0 Å². The summed E-state index contributed by atoms with van der Waals surface area (Å²) in [5.41, 5.74) is 2.09. The molecule has 1 rings (SSSR count). The standard InChI is InChI=1S/C10H10N2/c11-7-5-9-3-1-2-4-10(9)6-8-12/h3-4H,1-2,5-6H2. The van der Waals surface area contributed by atoms with E-state index >= 15 is 0 Å². The molecule has 0 aromatic heterocycles. The van der Waals surface area contributed by atoms with E-state index < -0.39 is 0 Å². The number of allylic oxidation sites excluding steroid dienone is 4. The zero-order chi connectivity index (χ0) is 8.81. The van der Waals surface area contributed by atoms with Crippen LogP contribution in [-0.4, -0.2) is 0 Å². The van der Waals surface area contributed by atoms with E-state index in [0.29, 0.717) is 12.8 Å². The van der Waals surface area contributed by atoms with Gasteiger partial charge in [-0.15, -0.1) is 0 Å². The second kappa shape index (κ2) is 4.36. The zero-order valence-electron chi connectivity index (χ0n) is 6.88. The zero-order valence-corrected chi connectivity index (χ0v) is 6.88. The van der Waals surface area contributed by atoms with Crippen molar-refractivity contribution in [2.45, 2.75) is 25.7 Å². The summed E-state index contributed by atoms with van der Waals surface area (Å²) in [5.74, 6) is 0. The first-order valence-electron chi connectivity index (χ1n) is 4.01. The molecule has 0 aliphatic heterocycles. The van der Waals surface area contributed by atoms with Crippen LogP contribution in [0.3, 0.4) is 0 Å². The molecule has 0 unspecified atom stereocenters. The van der Waals surface area contributed by atoms with Crippen molar-refractivity contribution in [1.29, 1.82) is 10.5 Å². The summed E-state index contributed by atoms with van der Waals surface area (Å²) in [6, 6.07) is 4.21. The molecule has 0 atom stereocenters. The highest BCUT2D eigenvalue weighted by Crippen LogP contribution is 2.23. The number of hydrogen-bond donors (Lipinski definition) is 0. The van der Waals surface area contributed by atoms with Gasteiger partial charge in [-0.1, -0.05) is 12.2 Å². The molecule has 0 heterocycles. The summed E-state index contributed by atoms with van der Waals surface area (Å²) in [5, 5.41) is 17.0. The Hall–Kier alpha value is -1.54. The molecular formula is C10H10N2. The maximum atomic E-state index is 8.50. The first-order chi connectivity index (χ1) is 5.88. The molecule has 2 heteroatoms. The lowest BCUT2D eigenvalue weighted by Gasteiger charge is -2.10. The Kier molecular flexibility index (Phi) is 3.11. The maximum Gasteiger partial charge on any atom is 0.0669 e. The van der Waals surface area contributed by atoms with Gasteiger partial charge >= 0.3 is 0 Å². The van der Waals surface area contributed by atoms with E-state index in [4.69, 9.17) is 10.5 Å². The van der Waals surface area contributed by atoms with Crippen LogP contribution in [0.5, 0.6) is 0 Å². The molecule has 2 nitrogen and oxygen atoms in total. The van der Waals surface area contributed by atoms with E-state index in [1.165, 1.54) is 0 Å². The predicted molar refractivity (Wildman–Crippen MR) is 45.9 cm³/mol. The first-order valence-corrected chi connectivity index (χ1v) is 4.01. The van der Waals surface area contributed by atoms with Crippen LogP contribution in [0.15, 0.2) is 23.3 Å². The van der Waals surface area contributed by atoms with Crippen LogP contribution in [0.2, 0.25) is 0 Å². The summed E-state index contributed by atoms with van der Waals surface area (Å²) in [6.07, 6.45) is 7.02. The Morgan fingerprint density at radius 3 is 1.75 bits per heavy atom. The highest BCUT2D eigenvalue weighted by molar-refractivity contribution is 5.37. The Balaban J connectivity index is 2.71. The number of hydrogen-bond acceptors (Lipinski definition) is 2. The number of nitriles is 2. The predicted octanol–water partition coefficient (Wildman–Crippen LogP) is 2.46. The van der Waals surface area contributed by atoms with Gasteiger partial charge in [-0.2, -0.15) is 10.5 Å². The summed E-state index contributed by atoms with van der Waals surface area (Å²) in [7, 11) is 0. The lowest BCUT2D eigenvalue weighted by Crippen LogP contribution is -1.93. The molecule has 12 heavy (non-hydrogen) atoms. The molecule has 0 spiro atoms. The largest absolute Gasteiger partial charge is 0.198 e. The fraction of sp³-hybridized carbons (Fsp3) is 0.400. The van der Waals surface area contributed by atoms with E-state index in [-0.39, 0.29) is 0 Å². The Labute approximate surface area is 72.4 Å². The van der Waals surface area contributed by atoms with Gasteiger partial charge in [-0.05, 0) is 24.0 Å². The molecule has 1 aliphatic rings. The van der Waals surface area contributed by atoms with Gasteiger partial charge in [0.2, 0.25) is 0 Å². The van der Waals surface area contributed by atoms with E-state index in [9.17, 15) is 0 Å². The molecule has 60 valence electrons. The SMILES string of the molecule is N#CCC1=CCCC=C1CC#N. The normalized spacial score (nSPS) is 15.5. The molecule has 0 amide bonds. The lowest BCUT2D eigenvalue weighted by molar-refractivity contribution is 0.957. The van der Waals surface area contributed by atoms with Gasteiger partial charge in [0.25, 0.3) is 0 Å². The van der Waals surface area contributed by atoms with E-state index in [1.54, 1.807) is 0 Å². The highest BCUT2D eigenvalue weighted by Gasteiger charge is 2.07. The third kappa shape index (κ3) is 1.97. The van der Waals surface area contributed by atoms with Crippen LogP contribution >= 0.6 is 0 Å². The van der Waals surface area contributed by atoms with Gasteiger partial charge in [0.15, 0.2) is 0 Å². The molecule has 0 radical (unpaired) electrons. The quantitative estimate of drug-likeness (QED) is 0.619. The van der Waals surface area contributed by atoms with Crippen molar-refractivity contribution in [2.75, 3.05) is 0 Å². The molecule has 0 fully saturated rings. The minimum atomic E-state index is 0.438. The van der Waals surface area contributed by atoms with E-state index in [2.05, 4.69) is 24.3 Å². The second-order valence-electron chi connectivity index (χ2n) is 2.71. The smallest absolute Gasteiger partial charge is 0.0669 e. The van der Waals surface area contributed by atoms with Crippen molar-refractivity contribution in [3.8, 4) is 12.1 Å². The van der Waals surface area contributed by atoms with Crippen molar-refractivity contribution >= 4 is 0 Å². The van der Waals surface area contributed by atoms with Gasteiger partial charge in [0.05, 0.1) is 25.0 Å². The van der Waals surface area contributed by atoms with Crippen molar-refractivity contribution < 1.29 is 0 Å². The lowest BCUT2D eigenvalue weighted by atomic mass is 9.94. The minimum absolute atomic E-state index is 0.438. The van der Waals surface area contributed by atoms with Crippen LogP contribution < -0.4 is 0 Å². The maximum absolute atomic E-state index is 8.50. The van der Waals surface area contributed by atoms with Gasteiger partial charge in [-0.25, -0.2) is 0 Å². The van der Waals surface area contributed by atoms with Gasteiger partial charge in [0, 0.05) is 0 Å². The van der Waals surface area contributed by atoms with Crippen LogP contribution in [0.1, 0.15) is 25.7 Å². The van der Waals surface area contributed by atoms with E-state index in [0.717, 1.165) is 24.0 Å². The molecule has 0 aromatic rings. The summed E-state index contributed by atoms with van der Waals surface area (Å²) in [6.45, 7) is 0. The molecular weight excluding hydrogens is 148 g/mol. The third-order valence-electron chi connectivity index (χ3n) is 1.90. The third-order valence-corrected chi connectivity index (χ3v) is 1.90. The van der Waals surface area contributed by atoms with Crippen LogP contribution in [-0.2, 0) is 0 Å². The monoisotopic (exact) mass is 158 g/mol. The number of nitrogens with zero attached hydrogens (tertiary/aromatic N) is 2. The topological polar surface area (TPSA) is 47.6 Å². The Morgan fingerprint density at radius 2 is 1.42 bits per heavy atom. The summed E-state index contributed by atoms with van der Waals surface area (Å²) < 4.78 is 0. The van der Waals surface area contributed by atoms with E-state index in [1.807, 2.05) is 0 Å². The average Bonchev–Trinajstić information content (AvgIpc) is 2.09. The van der Waals surface area contributed by atoms with Gasteiger partial charge in [0.1, 0.15) is 0 Å². The summed E-state index contributed by atoms with van der Waals surface area (Å²) >= 11 is 0. The highest BCUT2D eigenvalue weighted by atomic mass is 14.3. The molecule has 0 saturated heterocycles. The average molecular weight is 158 g/mol. The van der Waals surface area contributed by atoms with Gasteiger partial charge in [-0.3, -0.25) is 0 Å². The minimum Gasteiger partial charge on any atom is -0.198 e. The molecule has 0 aromatic carbocycles. The molecule has 0 bridgehead atoms. The van der Waals surface area contributed by atoms with Crippen molar-refractivity contribution in [1.82, 2.24) is 0 Å². The molecule has 1 aliphatic carbocycles. The number of rotatable bonds is 2. The van der Waals surface area contributed by atoms with Crippen LogP contribution in [0.25, 0.3) is 0 Å². The van der Waals surface area contributed by atoms with Crippen molar-refractivity contribution in [2.24, 2.45) is 0 Å².